The highest BCUT2D eigenvalue weighted by molar-refractivity contribution is 5.64. The largest absolute Gasteiger partial charge is 0.497 e. The van der Waals surface area contributed by atoms with Gasteiger partial charge in [0.25, 0.3) is 0 Å². The zero-order valence-electron chi connectivity index (χ0n) is 16.3. The van der Waals surface area contributed by atoms with E-state index < -0.39 is 0 Å². The Morgan fingerprint density at radius 3 is 2.43 bits per heavy atom. The molecular formula is C23H26N4O. The number of rotatable bonds is 7. The van der Waals surface area contributed by atoms with Gasteiger partial charge in [0.2, 0.25) is 5.95 Å². The number of nitrogens with one attached hydrogen (secondary N) is 1. The molecule has 3 aromatic rings. The molecule has 1 aromatic heterocycles. The van der Waals surface area contributed by atoms with Crippen molar-refractivity contribution in [2.45, 2.75) is 19.3 Å². The number of aromatic nitrogens is 2. The molecule has 5 heteroatoms. The molecule has 28 heavy (non-hydrogen) atoms. The summed E-state index contributed by atoms with van der Waals surface area (Å²) in [7, 11) is 1.69. The second-order valence-corrected chi connectivity index (χ2v) is 7.02. The van der Waals surface area contributed by atoms with Gasteiger partial charge in [0, 0.05) is 31.3 Å². The van der Waals surface area contributed by atoms with E-state index >= 15 is 0 Å². The Labute approximate surface area is 166 Å². The van der Waals surface area contributed by atoms with Crippen LogP contribution in [0.15, 0.2) is 60.7 Å². The molecule has 1 aliphatic heterocycles. The van der Waals surface area contributed by atoms with E-state index in [-0.39, 0.29) is 0 Å². The zero-order valence-corrected chi connectivity index (χ0v) is 16.3. The molecule has 0 spiro atoms. The van der Waals surface area contributed by atoms with Crippen molar-refractivity contribution in [2.24, 2.45) is 0 Å². The van der Waals surface area contributed by atoms with E-state index in [2.05, 4.69) is 34.5 Å². The number of methoxy groups -OCH3 is 1. The van der Waals surface area contributed by atoms with Crippen LogP contribution >= 0.6 is 0 Å². The maximum Gasteiger partial charge on any atom is 0.227 e. The number of benzene rings is 2. The standard InChI is InChI=1S/C23H26N4O/c1-28-20-11-9-18(10-12-20)13-14-24-22-17-21(19-7-3-2-4-8-19)25-23(26-22)27-15-5-6-16-27/h2-4,7-12,17H,5-6,13-16H2,1H3,(H,24,25,26). The monoisotopic (exact) mass is 374 g/mol. The lowest BCUT2D eigenvalue weighted by molar-refractivity contribution is 0.414. The summed E-state index contributed by atoms with van der Waals surface area (Å²) in [4.78, 5) is 11.9. The lowest BCUT2D eigenvalue weighted by Crippen LogP contribution is -2.21. The molecule has 5 nitrogen and oxygen atoms in total. The fraction of sp³-hybridized carbons (Fsp3) is 0.304. The van der Waals surface area contributed by atoms with Crippen LogP contribution < -0.4 is 15.0 Å². The molecule has 0 bridgehead atoms. The smallest absolute Gasteiger partial charge is 0.227 e. The molecule has 2 aromatic carbocycles. The van der Waals surface area contributed by atoms with E-state index in [1.807, 2.05) is 36.4 Å². The first-order valence-electron chi connectivity index (χ1n) is 9.88. The van der Waals surface area contributed by atoms with Crippen LogP contribution in [-0.2, 0) is 6.42 Å². The van der Waals surface area contributed by atoms with Crippen LogP contribution in [0.2, 0.25) is 0 Å². The number of hydrogen-bond donors (Lipinski definition) is 1. The lowest BCUT2D eigenvalue weighted by Gasteiger charge is -2.18. The third-order valence-electron chi connectivity index (χ3n) is 5.05. The number of anilines is 2. The Balaban J connectivity index is 1.50. The first kappa shape index (κ1) is 18.3. The van der Waals surface area contributed by atoms with Crippen molar-refractivity contribution in [3.63, 3.8) is 0 Å². The van der Waals surface area contributed by atoms with Crippen LogP contribution in [0.3, 0.4) is 0 Å². The van der Waals surface area contributed by atoms with Gasteiger partial charge in [-0.15, -0.1) is 0 Å². The van der Waals surface area contributed by atoms with Crippen LogP contribution in [-0.4, -0.2) is 36.7 Å². The van der Waals surface area contributed by atoms with Crippen LogP contribution in [0.25, 0.3) is 11.3 Å². The summed E-state index contributed by atoms with van der Waals surface area (Å²) in [5.74, 6) is 2.59. The van der Waals surface area contributed by atoms with Gasteiger partial charge in [-0.3, -0.25) is 0 Å². The third kappa shape index (κ3) is 4.42. The maximum atomic E-state index is 5.22. The molecule has 0 atom stereocenters. The molecule has 1 fully saturated rings. The number of nitrogens with zero attached hydrogens (tertiary/aromatic N) is 3. The van der Waals surface area contributed by atoms with Gasteiger partial charge in [-0.1, -0.05) is 42.5 Å². The van der Waals surface area contributed by atoms with Gasteiger partial charge in [0.1, 0.15) is 11.6 Å². The Hall–Kier alpha value is -3.08. The van der Waals surface area contributed by atoms with Crippen LogP contribution in [0.4, 0.5) is 11.8 Å². The zero-order chi connectivity index (χ0) is 19.2. The Morgan fingerprint density at radius 2 is 1.71 bits per heavy atom. The molecule has 0 aliphatic carbocycles. The second-order valence-electron chi connectivity index (χ2n) is 7.02. The number of ether oxygens (including phenoxy) is 1. The summed E-state index contributed by atoms with van der Waals surface area (Å²) < 4.78 is 5.22. The summed E-state index contributed by atoms with van der Waals surface area (Å²) in [5, 5.41) is 3.49. The normalized spacial score (nSPS) is 13.5. The molecule has 4 rings (SSSR count). The van der Waals surface area contributed by atoms with Crippen LogP contribution in [0.5, 0.6) is 5.75 Å². The van der Waals surface area contributed by atoms with Gasteiger partial charge >= 0.3 is 0 Å². The van der Waals surface area contributed by atoms with Crippen LogP contribution in [0.1, 0.15) is 18.4 Å². The minimum absolute atomic E-state index is 0.816. The van der Waals surface area contributed by atoms with Gasteiger partial charge in [-0.2, -0.15) is 4.98 Å². The minimum atomic E-state index is 0.816. The van der Waals surface area contributed by atoms with Crippen LogP contribution in [0, 0.1) is 0 Å². The molecule has 1 N–H and O–H groups in total. The minimum Gasteiger partial charge on any atom is -0.497 e. The molecule has 0 saturated carbocycles. The predicted octanol–water partition coefficient (Wildman–Crippen LogP) is 4.41. The van der Waals surface area contributed by atoms with E-state index in [0.717, 1.165) is 54.8 Å². The van der Waals surface area contributed by atoms with Crippen molar-refractivity contribution >= 4 is 11.8 Å². The predicted molar refractivity (Wildman–Crippen MR) is 114 cm³/mol. The molecule has 0 unspecified atom stereocenters. The maximum absolute atomic E-state index is 5.22. The highest BCUT2D eigenvalue weighted by atomic mass is 16.5. The summed E-state index contributed by atoms with van der Waals surface area (Å²) in [6.07, 6.45) is 3.34. The summed E-state index contributed by atoms with van der Waals surface area (Å²) in [6, 6.07) is 20.6. The fourth-order valence-electron chi connectivity index (χ4n) is 3.47. The highest BCUT2D eigenvalue weighted by Gasteiger charge is 2.17. The van der Waals surface area contributed by atoms with Gasteiger partial charge < -0.3 is 15.0 Å². The summed E-state index contributed by atoms with van der Waals surface area (Å²) in [6.45, 7) is 2.88. The molecule has 2 heterocycles. The molecule has 0 amide bonds. The Kier molecular flexibility index (Phi) is 5.71. The molecule has 1 saturated heterocycles. The van der Waals surface area contributed by atoms with Gasteiger partial charge in [-0.25, -0.2) is 4.98 Å². The first-order valence-corrected chi connectivity index (χ1v) is 9.88. The topological polar surface area (TPSA) is 50.3 Å². The Morgan fingerprint density at radius 1 is 0.964 bits per heavy atom. The quantitative estimate of drug-likeness (QED) is 0.664. The fourth-order valence-corrected chi connectivity index (χ4v) is 3.47. The van der Waals surface area contributed by atoms with E-state index in [1.165, 1.54) is 18.4 Å². The van der Waals surface area contributed by atoms with Crippen molar-refractivity contribution in [3.8, 4) is 17.0 Å². The SMILES string of the molecule is COc1ccc(CCNc2cc(-c3ccccc3)nc(N3CCCC3)n2)cc1. The average molecular weight is 374 g/mol. The molecule has 1 aliphatic rings. The Bertz CT molecular complexity index is 890. The van der Waals surface area contributed by atoms with E-state index in [0.29, 0.717) is 0 Å². The van der Waals surface area contributed by atoms with E-state index in [9.17, 15) is 0 Å². The molecular weight excluding hydrogens is 348 g/mol. The second kappa shape index (κ2) is 8.74. The van der Waals surface area contributed by atoms with Crippen molar-refractivity contribution < 1.29 is 4.74 Å². The van der Waals surface area contributed by atoms with Crippen molar-refractivity contribution in [3.05, 3.63) is 66.2 Å². The first-order chi connectivity index (χ1) is 13.8. The molecule has 0 radical (unpaired) electrons. The highest BCUT2D eigenvalue weighted by Crippen LogP contribution is 2.25. The number of hydrogen-bond acceptors (Lipinski definition) is 5. The van der Waals surface area contributed by atoms with Crippen molar-refractivity contribution in [1.29, 1.82) is 0 Å². The lowest BCUT2D eigenvalue weighted by atomic mass is 10.1. The molecule has 144 valence electrons. The summed E-state index contributed by atoms with van der Waals surface area (Å²) in [5.41, 5.74) is 3.35. The van der Waals surface area contributed by atoms with Crippen molar-refractivity contribution in [2.75, 3.05) is 37.0 Å². The summed E-state index contributed by atoms with van der Waals surface area (Å²) >= 11 is 0. The average Bonchev–Trinajstić information content (AvgIpc) is 3.30. The third-order valence-corrected chi connectivity index (χ3v) is 5.05. The van der Waals surface area contributed by atoms with Crippen molar-refractivity contribution in [1.82, 2.24) is 9.97 Å². The van der Waals surface area contributed by atoms with E-state index in [1.54, 1.807) is 7.11 Å². The van der Waals surface area contributed by atoms with E-state index in [4.69, 9.17) is 14.7 Å². The van der Waals surface area contributed by atoms with Gasteiger partial charge in [0.05, 0.1) is 12.8 Å². The van der Waals surface area contributed by atoms with Gasteiger partial charge in [-0.05, 0) is 37.0 Å². The van der Waals surface area contributed by atoms with Gasteiger partial charge in [0.15, 0.2) is 0 Å².